The first-order chi connectivity index (χ1) is 20.0. The van der Waals surface area contributed by atoms with Crippen LogP contribution in [0.3, 0.4) is 0 Å². The van der Waals surface area contributed by atoms with Crippen molar-refractivity contribution in [1.29, 1.82) is 5.41 Å². The van der Waals surface area contributed by atoms with Crippen molar-refractivity contribution in [2.75, 3.05) is 22.1 Å². The molecule has 6 rings (SSSR count). The van der Waals surface area contributed by atoms with Crippen LogP contribution in [0, 0.1) is 5.41 Å². The van der Waals surface area contributed by atoms with Gasteiger partial charge < -0.3 is 26.6 Å². The van der Waals surface area contributed by atoms with Gasteiger partial charge in [-0.05, 0) is 71.6 Å². The molecule has 1 fully saturated rings. The minimum atomic E-state index is -0.442. The largest absolute Gasteiger partial charge is 0.384 e. The van der Waals surface area contributed by atoms with E-state index in [1.54, 1.807) is 0 Å². The molecule has 4 aromatic rings. The first-order valence-corrected chi connectivity index (χ1v) is 14.1. The summed E-state index contributed by atoms with van der Waals surface area (Å²) in [6, 6.07) is 26.8. The highest BCUT2D eigenvalue weighted by Gasteiger charge is 2.35. The second-order valence-corrected chi connectivity index (χ2v) is 10.8. The molecule has 8 heteroatoms. The lowest BCUT2D eigenvalue weighted by molar-refractivity contribution is -0.119. The van der Waals surface area contributed by atoms with Crippen LogP contribution in [0.1, 0.15) is 36.0 Å². The summed E-state index contributed by atoms with van der Waals surface area (Å²) in [5.74, 6) is -0.148. The van der Waals surface area contributed by atoms with E-state index >= 15 is 0 Å². The average molecular weight is 547 g/mol. The first-order valence-electron chi connectivity index (χ1n) is 14.1. The Bertz CT molecular complexity index is 1600. The molecule has 2 heterocycles. The lowest BCUT2D eigenvalue weighted by Gasteiger charge is -2.28. The smallest absolute Gasteiger partial charge is 0.247 e. The molecule has 208 valence electrons. The number of anilines is 3. The minimum Gasteiger partial charge on any atom is -0.384 e. The van der Waals surface area contributed by atoms with Crippen LogP contribution in [0.15, 0.2) is 84.9 Å². The second kappa shape index (κ2) is 11.4. The summed E-state index contributed by atoms with van der Waals surface area (Å²) < 4.78 is 0. The normalized spacial score (nSPS) is 18.1. The number of piperidine rings is 1. The molecule has 2 aliphatic heterocycles. The van der Waals surface area contributed by atoms with E-state index in [4.69, 9.17) is 11.1 Å². The molecule has 0 bridgehead atoms. The first kappa shape index (κ1) is 26.5. The van der Waals surface area contributed by atoms with Gasteiger partial charge in [-0.25, -0.2) is 0 Å². The van der Waals surface area contributed by atoms with Gasteiger partial charge in [0.25, 0.3) is 0 Å². The van der Waals surface area contributed by atoms with Crippen LogP contribution in [0.25, 0.3) is 10.8 Å². The topological polar surface area (TPSA) is 123 Å². The van der Waals surface area contributed by atoms with E-state index in [9.17, 15) is 9.59 Å². The summed E-state index contributed by atoms with van der Waals surface area (Å²) >= 11 is 0. The lowest BCUT2D eigenvalue weighted by Crippen LogP contribution is -2.43. The van der Waals surface area contributed by atoms with Gasteiger partial charge in [-0.3, -0.25) is 15.0 Å². The van der Waals surface area contributed by atoms with Crippen molar-refractivity contribution >= 4 is 45.5 Å². The van der Waals surface area contributed by atoms with Crippen molar-refractivity contribution in [2.24, 2.45) is 5.73 Å². The number of fused-ring (bicyclic) bond motifs is 2. The Hall–Kier alpha value is -4.69. The number of hydrogen-bond acceptors (Lipinski definition) is 5. The van der Waals surface area contributed by atoms with Crippen molar-refractivity contribution in [2.45, 2.75) is 44.3 Å². The zero-order valence-corrected chi connectivity index (χ0v) is 22.8. The summed E-state index contributed by atoms with van der Waals surface area (Å²) in [6.45, 7) is 1.40. The molecule has 2 amide bonds. The number of nitrogens with zero attached hydrogens (tertiary/aromatic N) is 1. The Balaban J connectivity index is 1.22. The Labute approximate surface area is 239 Å². The number of nitrogens with one attached hydrogen (secondary N) is 4. The molecule has 0 spiro atoms. The Morgan fingerprint density at radius 1 is 0.902 bits per heavy atom. The molecule has 2 unspecified atom stereocenters. The molecule has 0 saturated carbocycles. The maximum atomic E-state index is 13.7. The van der Waals surface area contributed by atoms with Gasteiger partial charge in [-0.2, -0.15) is 0 Å². The van der Waals surface area contributed by atoms with Crippen molar-refractivity contribution in [3.8, 4) is 0 Å². The van der Waals surface area contributed by atoms with Crippen LogP contribution in [-0.2, 0) is 22.6 Å². The van der Waals surface area contributed by atoms with E-state index in [1.165, 1.54) is 0 Å². The van der Waals surface area contributed by atoms with E-state index in [-0.39, 0.29) is 23.7 Å². The fourth-order valence-corrected chi connectivity index (χ4v) is 5.87. The van der Waals surface area contributed by atoms with Gasteiger partial charge in [0.1, 0.15) is 11.9 Å². The SMILES string of the molecule is N=C(N)c1ccc2c(c1)N(Cc1cccc3ccccc13)C(C(=O)Nc1ccc(NC(=O)C3CCCCN3)cc1)C2. The number of benzene rings is 4. The number of rotatable bonds is 7. The van der Waals surface area contributed by atoms with Crippen LogP contribution in [0.5, 0.6) is 0 Å². The fraction of sp³-hybridized carbons (Fsp3) is 0.242. The van der Waals surface area contributed by atoms with E-state index < -0.39 is 6.04 Å². The van der Waals surface area contributed by atoms with Crippen LogP contribution in [-0.4, -0.2) is 36.3 Å². The highest BCUT2D eigenvalue weighted by Crippen LogP contribution is 2.36. The molecule has 1 saturated heterocycles. The summed E-state index contributed by atoms with van der Waals surface area (Å²) in [5, 5.41) is 19.6. The van der Waals surface area contributed by atoms with E-state index in [0.29, 0.717) is 29.9 Å². The highest BCUT2D eigenvalue weighted by molar-refractivity contribution is 6.01. The predicted molar refractivity (Wildman–Crippen MR) is 164 cm³/mol. The molecular weight excluding hydrogens is 512 g/mol. The summed E-state index contributed by atoms with van der Waals surface area (Å²) in [5.41, 5.74) is 10.9. The third-order valence-corrected chi connectivity index (χ3v) is 8.07. The molecule has 2 aliphatic rings. The maximum absolute atomic E-state index is 13.7. The average Bonchev–Trinajstić information content (AvgIpc) is 3.36. The number of carbonyl (C=O) groups is 2. The molecule has 6 N–H and O–H groups in total. The van der Waals surface area contributed by atoms with Crippen LogP contribution >= 0.6 is 0 Å². The van der Waals surface area contributed by atoms with Crippen molar-refractivity contribution in [3.63, 3.8) is 0 Å². The van der Waals surface area contributed by atoms with Gasteiger partial charge in [0.15, 0.2) is 0 Å². The highest BCUT2D eigenvalue weighted by atomic mass is 16.2. The maximum Gasteiger partial charge on any atom is 0.247 e. The van der Waals surface area contributed by atoms with Gasteiger partial charge in [0.2, 0.25) is 11.8 Å². The van der Waals surface area contributed by atoms with Gasteiger partial charge in [-0.1, -0.05) is 61.0 Å². The van der Waals surface area contributed by atoms with E-state index in [1.807, 2.05) is 60.7 Å². The molecular formula is C33H34N6O2. The molecule has 0 radical (unpaired) electrons. The Morgan fingerprint density at radius 3 is 2.37 bits per heavy atom. The zero-order chi connectivity index (χ0) is 28.3. The summed E-state index contributed by atoms with van der Waals surface area (Å²) in [4.78, 5) is 28.4. The monoisotopic (exact) mass is 546 g/mol. The van der Waals surface area contributed by atoms with E-state index in [0.717, 1.165) is 53.4 Å². The Morgan fingerprint density at radius 2 is 1.63 bits per heavy atom. The van der Waals surface area contributed by atoms with Crippen LogP contribution in [0.4, 0.5) is 17.1 Å². The molecule has 0 aromatic heterocycles. The number of carbonyl (C=O) groups excluding carboxylic acids is 2. The van der Waals surface area contributed by atoms with Crippen molar-refractivity contribution in [3.05, 3.63) is 102 Å². The van der Waals surface area contributed by atoms with Crippen LogP contribution in [0.2, 0.25) is 0 Å². The second-order valence-electron chi connectivity index (χ2n) is 10.8. The molecule has 4 aromatic carbocycles. The third kappa shape index (κ3) is 5.64. The standard InChI is InChI=1S/C33H34N6O2/c34-31(35)23-12-11-22-18-30(39(29(22)19-23)20-24-8-5-7-21-6-1-2-9-27(21)24)33(41)38-26-15-13-25(14-16-26)37-32(40)28-10-3-4-17-36-28/h1-2,5-9,11-16,19,28,30,36H,3-4,10,17-18,20H2,(H3,34,35)(H,37,40)(H,38,41). The molecule has 8 nitrogen and oxygen atoms in total. The number of nitrogen functional groups attached to an aromatic ring is 1. The predicted octanol–water partition coefficient (Wildman–Crippen LogP) is 4.77. The van der Waals surface area contributed by atoms with Gasteiger partial charge in [0, 0.05) is 35.6 Å². The molecule has 41 heavy (non-hydrogen) atoms. The molecule has 0 aliphatic carbocycles. The Kier molecular flexibility index (Phi) is 7.39. The summed E-state index contributed by atoms with van der Waals surface area (Å²) in [6.07, 6.45) is 3.54. The van der Waals surface area contributed by atoms with Gasteiger partial charge >= 0.3 is 0 Å². The zero-order valence-electron chi connectivity index (χ0n) is 22.8. The number of amides is 2. The number of nitrogens with two attached hydrogens (primary N) is 1. The van der Waals surface area contributed by atoms with Gasteiger partial charge in [0.05, 0.1) is 6.04 Å². The van der Waals surface area contributed by atoms with Crippen LogP contribution < -0.4 is 26.6 Å². The van der Waals surface area contributed by atoms with Gasteiger partial charge in [-0.15, -0.1) is 0 Å². The lowest BCUT2D eigenvalue weighted by atomic mass is 10.0. The van der Waals surface area contributed by atoms with E-state index in [2.05, 4.69) is 45.1 Å². The van der Waals surface area contributed by atoms with Crippen molar-refractivity contribution < 1.29 is 9.59 Å². The fourth-order valence-electron chi connectivity index (χ4n) is 5.87. The summed E-state index contributed by atoms with van der Waals surface area (Å²) in [7, 11) is 0. The number of hydrogen-bond donors (Lipinski definition) is 5. The quantitative estimate of drug-likeness (QED) is 0.169. The molecule has 2 atom stereocenters. The number of amidine groups is 1. The minimum absolute atomic E-state index is 0.00254. The third-order valence-electron chi connectivity index (χ3n) is 8.07. The van der Waals surface area contributed by atoms with Crippen molar-refractivity contribution in [1.82, 2.24) is 5.32 Å².